The molecule has 2 aliphatic rings. The summed E-state index contributed by atoms with van der Waals surface area (Å²) in [7, 11) is -4.03. The molecule has 2 amide bonds. The van der Waals surface area contributed by atoms with Crippen LogP contribution >= 0.6 is 0 Å². The van der Waals surface area contributed by atoms with Crippen LogP contribution < -0.4 is 21.1 Å². The third-order valence-electron chi connectivity index (χ3n) is 6.50. The van der Waals surface area contributed by atoms with Gasteiger partial charge in [-0.05, 0) is 54.5 Å². The number of hydrogen-bond donors (Lipinski definition) is 5. The van der Waals surface area contributed by atoms with Crippen LogP contribution in [0.1, 0.15) is 32.1 Å². The van der Waals surface area contributed by atoms with Gasteiger partial charge >= 0.3 is 0 Å². The summed E-state index contributed by atoms with van der Waals surface area (Å²) in [6.07, 6.45) is 2.99. The minimum atomic E-state index is -4.03. The van der Waals surface area contributed by atoms with Crippen molar-refractivity contribution in [2.24, 2.45) is 11.7 Å². The second-order valence-corrected chi connectivity index (χ2v) is 11.0. The number of amides is 2. The highest BCUT2D eigenvalue weighted by atomic mass is 32.2. The first-order valence-corrected chi connectivity index (χ1v) is 13.4. The summed E-state index contributed by atoms with van der Waals surface area (Å²) < 4.78 is 28.7. The quantitative estimate of drug-likeness (QED) is 0.254. The monoisotopic (exact) mass is 500 g/mol. The number of benzene rings is 2. The standard InChI is InChI=1S/C24H32N6O4S/c25-24(26)30-11-9-16(10-12-30)15-27-22(31)14-21(23(32)28-19-6-7-19)29-35(33,34)20-8-5-17-3-1-2-4-18(17)13-20/h1-5,8,13,16,19,21,29H,6-7,9-12,14-15H2,(H3,25,26)(H,27,31)(H,28,32). The molecule has 1 aliphatic carbocycles. The van der Waals surface area contributed by atoms with Crippen LogP contribution in [0.25, 0.3) is 10.8 Å². The average molecular weight is 501 g/mol. The highest BCUT2D eigenvalue weighted by Crippen LogP contribution is 2.21. The number of piperidine rings is 1. The smallest absolute Gasteiger partial charge is 0.241 e. The number of rotatable bonds is 9. The maximum absolute atomic E-state index is 13.1. The van der Waals surface area contributed by atoms with Crippen molar-refractivity contribution in [2.45, 2.75) is 49.1 Å². The predicted octanol–water partition coefficient (Wildman–Crippen LogP) is 0.877. The molecule has 1 heterocycles. The SMILES string of the molecule is N=C(N)N1CCC(CNC(=O)CC(NS(=O)(=O)c2ccc3ccccc3c2)C(=O)NC2CC2)CC1. The highest BCUT2D eigenvalue weighted by Gasteiger charge is 2.32. The molecule has 1 aliphatic heterocycles. The average Bonchev–Trinajstić information content (AvgIpc) is 3.66. The Labute approximate surface area is 205 Å². The van der Waals surface area contributed by atoms with Crippen LogP contribution in [0, 0.1) is 11.3 Å². The van der Waals surface area contributed by atoms with Crippen molar-refractivity contribution in [1.82, 2.24) is 20.3 Å². The van der Waals surface area contributed by atoms with Crippen LogP contribution in [0.2, 0.25) is 0 Å². The van der Waals surface area contributed by atoms with Crippen LogP contribution in [-0.4, -0.2) is 62.8 Å². The van der Waals surface area contributed by atoms with Crippen LogP contribution in [0.4, 0.5) is 0 Å². The Balaban J connectivity index is 1.39. The zero-order valence-corrected chi connectivity index (χ0v) is 20.3. The van der Waals surface area contributed by atoms with Crippen LogP contribution in [0.5, 0.6) is 0 Å². The molecule has 0 radical (unpaired) electrons. The zero-order chi connectivity index (χ0) is 25.0. The summed E-state index contributed by atoms with van der Waals surface area (Å²) in [5, 5.41) is 14.8. The maximum Gasteiger partial charge on any atom is 0.241 e. The third-order valence-corrected chi connectivity index (χ3v) is 7.97. The van der Waals surface area contributed by atoms with E-state index in [4.69, 9.17) is 11.1 Å². The summed E-state index contributed by atoms with van der Waals surface area (Å²) in [6.45, 7) is 1.75. The number of likely N-dealkylation sites (tertiary alicyclic amines) is 1. The number of nitrogens with zero attached hydrogens (tertiary/aromatic N) is 1. The number of carbonyl (C=O) groups excluding carboxylic acids is 2. The lowest BCUT2D eigenvalue weighted by Crippen LogP contribution is -2.50. The van der Waals surface area contributed by atoms with E-state index in [1.807, 2.05) is 24.3 Å². The molecular formula is C24H32N6O4S. The lowest BCUT2D eigenvalue weighted by atomic mass is 9.97. The summed E-state index contributed by atoms with van der Waals surface area (Å²) in [5.41, 5.74) is 5.52. The molecule has 1 atom stereocenters. The highest BCUT2D eigenvalue weighted by molar-refractivity contribution is 7.89. The van der Waals surface area contributed by atoms with E-state index in [0.29, 0.717) is 19.6 Å². The molecule has 2 fully saturated rings. The maximum atomic E-state index is 13.1. The first-order valence-electron chi connectivity index (χ1n) is 11.9. The molecule has 1 unspecified atom stereocenters. The molecule has 0 bridgehead atoms. The largest absolute Gasteiger partial charge is 0.370 e. The first-order chi connectivity index (χ1) is 16.7. The van der Waals surface area contributed by atoms with Crippen molar-refractivity contribution in [2.75, 3.05) is 19.6 Å². The molecule has 1 saturated carbocycles. The van der Waals surface area contributed by atoms with Crippen molar-refractivity contribution in [1.29, 1.82) is 5.41 Å². The fourth-order valence-electron chi connectivity index (χ4n) is 4.20. The van der Waals surface area contributed by atoms with Crippen molar-refractivity contribution >= 4 is 38.6 Å². The Morgan fingerprint density at radius 1 is 1.06 bits per heavy atom. The minimum Gasteiger partial charge on any atom is -0.370 e. The zero-order valence-electron chi connectivity index (χ0n) is 19.5. The van der Waals surface area contributed by atoms with Crippen molar-refractivity contribution in [3.8, 4) is 0 Å². The lowest BCUT2D eigenvalue weighted by molar-refractivity contribution is -0.128. The van der Waals surface area contributed by atoms with E-state index in [0.717, 1.165) is 36.5 Å². The van der Waals surface area contributed by atoms with Gasteiger partial charge in [0.05, 0.1) is 11.3 Å². The topological polar surface area (TPSA) is 157 Å². The van der Waals surface area contributed by atoms with Gasteiger partial charge in [0.2, 0.25) is 21.8 Å². The summed E-state index contributed by atoms with van der Waals surface area (Å²) in [6, 6.07) is 11.0. The van der Waals surface area contributed by atoms with Crippen molar-refractivity contribution in [3.05, 3.63) is 42.5 Å². The molecule has 11 heteroatoms. The van der Waals surface area contributed by atoms with E-state index >= 15 is 0 Å². The molecule has 2 aromatic carbocycles. The lowest BCUT2D eigenvalue weighted by Gasteiger charge is -2.32. The summed E-state index contributed by atoms with van der Waals surface area (Å²) in [5.74, 6) is -0.601. The fourth-order valence-corrected chi connectivity index (χ4v) is 5.43. The molecule has 1 saturated heterocycles. The van der Waals surface area contributed by atoms with Gasteiger partial charge < -0.3 is 21.3 Å². The number of sulfonamides is 1. The number of fused-ring (bicyclic) bond motifs is 1. The summed E-state index contributed by atoms with van der Waals surface area (Å²) in [4.78, 5) is 27.3. The third kappa shape index (κ3) is 6.70. The predicted molar refractivity (Wildman–Crippen MR) is 133 cm³/mol. The molecular weight excluding hydrogens is 468 g/mol. The molecule has 6 N–H and O–H groups in total. The number of hydrogen-bond acceptors (Lipinski definition) is 5. The van der Waals surface area contributed by atoms with E-state index in [1.54, 1.807) is 17.0 Å². The molecule has 10 nitrogen and oxygen atoms in total. The normalized spacial score (nSPS) is 17.7. The number of carbonyl (C=O) groups is 2. The molecule has 188 valence electrons. The molecule has 2 aromatic rings. The Morgan fingerprint density at radius 2 is 1.74 bits per heavy atom. The van der Waals surface area contributed by atoms with Gasteiger partial charge in [-0.25, -0.2) is 8.42 Å². The number of nitrogens with two attached hydrogens (primary N) is 1. The van der Waals surface area contributed by atoms with Crippen LogP contribution in [-0.2, 0) is 19.6 Å². The second kappa shape index (κ2) is 10.6. The van der Waals surface area contributed by atoms with Crippen LogP contribution in [0.15, 0.2) is 47.4 Å². The van der Waals surface area contributed by atoms with E-state index in [1.165, 1.54) is 6.07 Å². The number of nitrogens with one attached hydrogen (secondary N) is 4. The number of guanidine groups is 1. The second-order valence-electron chi connectivity index (χ2n) is 9.29. The van der Waals surface area contributed by atoms with Gasteiger partial charge in [0.15, 0.2) is 5.96 Å². The minimum absolute atomic E-state index is 0.0321. The molecule has 0 aromatic heterocycles. The van der Waals surface area contributed by atoms with E-state index in [2.05, 4.69) is 15.4 Å². The molecule has 4 rings (SSSR count). The Hall–Kier alpha value is -3.18. The molecule has 35 heavy (non-hydrogen) atoms. The molecule has 0 spiro atoms. The first kappa shape index (κ1) is 24.9. The Kier molecular flexibility index (Phi) is 7.56. The van der Waals surface area contributed by atoms with Crippen LogP contribution in [0.3, 0.4) is 0 Å². The van der Waals surface area contributed by atoms with Crippen molar-refractivity contribution < 1.29 is 18.0 Å². The van der Waals surface area contributed by atoms with E-state index < -0.39 is 27.9 Å². The Bertz CT molecular complexity index is 1210. The van der Waals surface area contributed by atoms with E-state index in [-0.39, 0.29) is 29.2 Å². The van der Waals surface area contributed by atoms with Crippen molar-refractivity contribution in [3.63, 3.8) is 0 Å². The summed E-state index contributed by atoms with van der Waals surface area (Å²) >= 11 is 0. The van der Waals surface area contributed by atoms with Gasteiger partial charge in [0, 0.05) is 25.7 Å². The fraction of sp³-hybridized carbons (Fsp3) is 0.458. The van der Waals surface area contributed by atoms with Gasteiger partial charge in [0.1, 0.15) is 6.04 Å². The van der Waals surface area contributed by atoms with Gasteiger partial charge in [0.25, 0.3) is 0 Å². The van der Waals surface area contributed by atoms with Gasteiger partial charge in [-0.1, -0.05) is 30.3 Å². The van der Waals surface area contributed by atoms with Gasteiger partial charge in [-0.3, -0.25) is 15.0 Å². The van der Waals surface area contributed by atoms with Gasteiger partial charge in [-0.15, -0.1) is 0 Å². The van der Waals surface area contributed by atoms with Gasteiger partial charge in [-0.2, -0.15) is 4.72 Å². The Morgan fingerprint density at radius 3 is 2.40 bits per heavy atom. The van der Waals surface area contributed by atoms with E-state index in [9.17, 15) is 18.0 Å².